The summed E-state index contributed by atoms with van der Waals surface area (Å²) in [6.45, 7) is 0. The van der Waals surface area contributed by atoms with Crippen molar-refractivity contribution in [2.24, 2.45) is 0 Å². The number of hydrogen-bond donors (Lipinski definition) is 1. The number of carbonyl (C=O) groups excluding carboxylic acids is 1. The summed E-state index contributed by atoms with van der Waals surface area (Å²) in [6.07, 6.45) is 5.85. The fourth-order valence-corrected chi connectivity index (χ4v) is 1.83. The summed E-state index contributed by atoms with van der Waals surface area (Å²) in [6, 6.07) is 5.73. The smallest absolute Gasteiger partial charge is 0.343 e. The van der Waals surface area contributed by atoms with Crippen LogP contribution in [0.15, 0.2) is 36.1 Å². The van der Waals surface area contributed by atoms with E-state index in [1.54, 1.807) is 0 Å². The van der Waals surface area contributed by atoms with Gasteiger partial charge in [0, 0.05) is 6.42 Å². The van der Waals surface area contributed by atoms with Crippen LogP contribution in [0.3, 0.4) is 0 Å². The second kappa shape index (κ2) is 5.49. The minimum atomic E-state index is -1.01. The van der Waals surface area contributed by atoms with Gasteiger partial charge < -0.3 is 9.84 Å². The molecular formula is C14H14O4. The van der Waals surface area contributed by atoms with E-state index in [0.29, 0.717) is 11.3 Å². The van der Waals surface area contributed by atoms with E-state index in [1.807, 2.05) is 6.08 Å². The van der Waals surface area contributed by atoms with Gasteiger partial charge in [-0.15, -0.1) is 0 Å². The van der Waals surface area contributed by atoms with E-state index >= 15 is 0 Å². The molecule has 4 nitrogen and oxygen atoms in total. The van der Waals surface area contributed by atoms with E-state index in [9.17, 15) is 9.59 Å². The first kappa shape index (κ1) is 12.4. The van der Waals surface area contributed by atoms with Gasteiger partial charge in [-0.25, -0.2) is 9.59 Å². The lowest BCUT2D eigenvalue weighted by molar-refractivity contribution is 0.0605. The average Bonchev–Trinajstić information content (AvgIpc) is 2.40. The van der Waals surface area contributed by atoms with Crippen LogP contribution in [0.5, 0.6) is 0 Å². The molecule has 1 N–H and O–H groups in total. The molecule has 0 spiro atoms. The molecule has 0 heterocycles. The largest absolute Gasteiger partial charge is 0.478 e. The molecule has 0 amide bonds. The molecule has 0 fully saturated rings. The van der Waals surface area contributed by atoms with Gasteiger partial charge in [0.25, 0.3) is 0 Å². The molecule has 18 heavy (non-hydrogen) atoms. The number of ether oxygens (including phenoxy) is 1. The molecular weight excluding hydrogens is 232 g/mol. The van der Waals surface area contributed by atoms with Gasteiger partial charge in [-0.2, -0.15) is 0 Å². The van der Waals surface area contributed by atoms with Crippen LogP contribution in [0.25, 0.3) is 0 Å². The quantitative estimate of drug-likeness (QED) is 0.833. The third-order valence-electron chi connectivity index (χ3n) is 2.84. The number of allylic oxidation sites excluding steroid dienone is 2. The van der Waals surface area contributed by atoms with Gasteiger partial charge in [0.05, 0.1) is 11.1 Å². The zero-order valence-electron chi connectivity index (χ0n) is 9.89. The molecule has 0 bridgehead atoms. The van der Waals surface area contributed by atoms with Crippen LogP contribution in [0, 0.1) is 0 Å². The monoisotopic (exact) mass is 246 g/mol. The molecule has 1 aliphatic rings. The van der Waals surface area contributed by atoms with Gasteiger partial charge in [0.1, 0.15) is 5.76 Å². The van der Waals surface area contributed by atoms with E-state index in [4.69, 9.17) is 9.84 Å². The zero-order chi connectivity index (χ0) is 13.0. The maximum absolute atomic E-state index is 11.8. The van der Waals surface area contributed by atoms with Crippen molar-refractivity contribution in [3.63, 3.8) is 0 Å². The van der Waals surface area contributed by atoms with Gasteiger partial charge >= 0.3 is 11.9 Å². The van der Waals surface area contributed by atoms with Crippen molar-refractivity contribution < 1.29 is 19.4 Å². The lowest BCUT2D eigenvalue weighted by atomic mass is 10.1. The Kier molecular flexibility index (Phi) is 3.77. The zero-order valence-corrected chi connectivity index (χ0v) is 9.89. The Labute approximate surface area is 105 Å². The van der Waals surface area contributed by atoms with Crippen molar-refractivity contribution in [2.45, 2.75) is 25.7 Å². The molecule has 1 aromatic carbocycles. The predicted octanol–water partition coefficient (Wildman–Crippen LogP) is 3.00. The van der Waals surface area contributed by atoms with Crippen molar-refractivity contribution in [1.29, 1.82) is 0 Å². The third kappa shape index (κ3) is 2.97. The van der Waals surface area contributed by atoms with Crippen molar-refractivity contribution in [2.75, 3.05) is 0 Å². The summed E-state index contributed by atoms with van der Waals surface area (Å²) < 4.78 is 5.25. The fourth-order valence-electron chi connectivity index (χ4n) is 1.83. The number of benzene rings is 1. The number of carbonyl (C=O) groups is 2. The highest BCUT2D eigenvalue weighted by Crippen LogP contribution is 2.19. The maximum atomic E-state index is 11.8. The highest BCUT2D eigenvalue weighted by atomic mass is 16.5. The Bertz CT molecular complexity index is 485. The van der Waals surface area contributed by atoms with E-state index in [1.165, 1.54) is 24.3 Å². The SMILES string of the molecule is O=C(O)c1ccc(C(=O)OC2=CCCCC2)cc1. The second-order valence-electron chi connectivity index (χ2n) is 4.19. The van der Waals surface area contributed by atoms with Gasteiger partial charge in [0.15, 0.2) is 0 Å². The number of aromatic carboxylic acids is 1. The van der Waals surface area contributed by atoms with Crippen molar-refractivity contribution in [3.05, 3.63) is 47.2 Å². The Morgan fingerprint density at radius 1 is 1.06 bits per heavy atom. The minimum Gasteiger partial charge on any atom is -0.478 e. The summed E-state index contributed by atoms with van der Waals surface area (Å²) in [7, 11) is 0. The van der Waals surface area contributed by atoms with Crippen molar-refractivity contribution in [1.82, 2.24) is 0 Å². The first-order valence-electron chi connectivity index (χ1n) is 5.91. The van der Waals surface area contributed by atoms with Crippen LogP contribution >= 0.6 is 0 Å². The summed E-state index contributed by atoms with van der Waals surface area (Å²) in [5.74, 6) is -0.724. The molecule has 2 rings (SSSR count). The van der Waals surface area contributed by atoms with E-state index in [-0.39, 0.29) is 5.56 Å². The Hall–Kier alpha value is -2.10. The van der Waals surface area contributed by atoms with Crippen LogP contribution in [0.4, 0.5) is 0 Å². The lowest BCUT2D eigenvalue weighted by Crippen LogP contribution is -2.07. The molecule has 0 radical (unpaired) electrons. The number of carboxylic acids is 1. The Morgan fingerprint density at radius 2 is 1.72 bits per heavy atom. The average molecular weight is 246 g/mol. The molecule has 4 heteroatoms. The van der Waals surface area contributed by atoms with Crippen LogP contribution in [-0.2, 0) is 4.74 Å². The number of rotatable bonds is 3. The highest BCUT2D eigenvalue weighted by molar-refractivity contribution is 5.92. The predicted molar refractivity (Wildman–Crippen MR) is 65.4 cm³/mol. The maximum Gasteiger partial charge on any atom is 0.343 e. The summed E-state index contributed by atoms with van der Waals surface area (Å²) in [5.41, 5.74) is 0.523. The topological polar surface area (TPSA) is 63.6 Å². The Morgan fingerprint density at radius 3 is 2.28 bits per heavy atom. The van der Waals surface area contributed by atoms with Crippen molar-refractivity contribution >= 4 is 11.9 Å². The van der Waals surface area contributed by atoms with Crippen LogP contribution < -0.4 is 0 Å². The Balaban J connectivity index is 2.04. The summed E-state index contributed by atoms with van der Waals surface area (Å²) in [5, 5.41) is 8.75. The molecule has 94 valence electrons. The molecule has 0 saturated heterocycles. The van der Waals surface area contributed by atoms with Crippen LogP contribution in [-0.4, -0.2) is 17.0 Å². The normalized spacial score (nSPS) is 14.8. The van der Waals surface area contributed by atoms with E-state index < -0.39 is 11.9 Å². The molecule has 0 unspecified atom stereocenters. The first-order chi connectivity index (χ1) is 8.66. The number of carboxylic acid groups (broad SMARTS) is 1. The van der Waals surface area contributed by atoms with Gasteiger partial charge in [-0.3, -0.25) is 0 Å². The molecule has 0 aromatic heterocycles. The van der Waals surface area contributed by atoms with Gasteiger partial charge in [-0.1, -0.05) is 0 Å². The molecule has 0 aliphatic heterocycles. The summed E-state index contributed by atoms with van der Waals surface area (Å²) in [4.78, 5) is 22.5. The molecule has 0 saturated carbocycles. The first-order valence-corrected chi connectivity index (χ1v) is 5.91. The van der Waals surface area contributed by atoms with Crippen LogP contribution in [0.2, 0.25) is 0 Å². The van der Waals surface area contributed by atoms with Crippen molar-refractivity contribution in [3.8, 4) is 0 Å². The van der Waals surface area contributed by atoms with Crippen LogP contribution in [0.1, 0.15) is 46.4 Å². The van der Waals surface area contributed by atoms with E-state index in [0.717, 1.165) is 25.7 Å². The molecule has 1 aromatic rings. The number of esters is 1. The van der Waals surface area contributed by atoms with Gasteiger partial charge in [-0.05, 0) is 49.6 Å². The number of hydrogen-bond acceptors (Lipinski definition) is 3. The molecule has 1 aliphatic carbocycles. The van der Waals surface area contributed by atoms with E-state index in [2.05, 4.69) is 0 Å². The summed E-state index contributed by atoms with van der Waals surface area (Å²) >= 11 is 0. The highest BCUT2D eigenvalue weighted by Gasteiger charge is 2.13. The lowest BCUT2D eigenvalue weighted by Gasteiger charge is -2.12. The molecule has 0 atom stereocenters. The minimum absolute atomic E-state index is 0.156. The third-order valence-corrected chi connectivity index (χ3v) is 2.84. The fraction of sp³-hybridized carbons (Fsp3) is 0.286. The standard InChI is InChI=1S/C14H14O4/c15-13(16)10-6-8-11(9-7-10)14(17)18-12-4-2-1-3-5-12/h4,6-9H,1-3,5H2,(H,15,16). The second-order valence-corrected chi connectivity index (χ2v) is 4.19. The van der Waals surface area contributed by atoms with Gasteiger partial charge in [0.2, 0.25) is 0 Å².